The molecule has 0 aliphatic rings. The van der Waals surface area contributed by atoms with Crippen LogP contribution in [-0.2, 0) is 6.42 Å². The molecule has 0 amide bonds. The van der Waals surface area contributed by atoms with Gasteiger partial charge in [0.15, 0.2) is 0 Å². The van der Waals surface area contributed by atoms with Gasteiger partial charge in [0.2, 0.25) is 0 Å². The summed E-state index contributed by atoms with van der Waals surface area (Å²) in [5.74, 6) is 0.273. The normalized spacial score (nSPS) is 10.5. The molecule has 3 heteroatoms. The predicted molar refractivity (Wildman–Crippen MR) is 57.0 cm³/mol. The average molecular weight is 219 g/mol. The second-order valence-electron chi connectivity index (χ2n) is 3.06. The third-order valence-corrected chi connectivity index (χ3v) is 3.34. The molecule has 0 bridgehead atoms. The van der Waals surface area contributed by atoms with Gasteiger partial charge in [0.1, 0.15) is 5.75 Å². The third-order valence-electron chi connectivity index (χ3n) is 2.30. The van der Waals surface area contributed by atoms with Gasteiger partial charge in [-0.1, -0.05) is 30.1 Å². The van der Waals surface area contributed by atoms with Crippen LogP contribution in [0.25, 0.3) is 0 Å². The highest BCUT2D eigenvalue weighted by atomic mass is 35.5. The maximum Gasteiger partial charge on any atom is 0.123 e. The monoisotopic (exact) mass is 218 g/mol. The lowest BCUT2D eigenvalue weighted by Gasteiger charge is -2.13. The summed E-state index contributed by atoms with van der Waals surface area (Å²) in [5.41, 5.74) is 2.42. The molecule has 1 N–H and O–H groups in total. The first-order valence-corrected chi connectivity index (χ1v) is 4.92. The maximum atomic E-state index is 9.74. The molecule has 0 aromatic heterocycles. The summed E-state index contributed by atoms with van der Waals surface area (Å²) in [4.78, 5) is 0. The summed E-state index contributed by atoms with van der Waals surface area (Å²) in [5, 5.41) is 10.7. The topological polar surface area (TPSA) is 20.2 Å². The van der Waals surface area contributed by atoms with Gasteiger partial charge in [0, 0.05) is 5.56 Å². The minimum Gasteiger partial charge on any atom is -0.507 e. The van der Waals surface area contributed by atoms with E-state index < -0.39 is 0 Å². The Bertz CT molecular complexity index is 316. The summed E-state index contributed by atoms with van der Waals surface area (Å²) in [7, 11) is 0. The lowest BCUT2D eigenvalue weighted by molar-refractivity contribution is 0.464. The van der Waals surface area contributed by atoms with E-state index in [1.54, 1.807) is 6.92 Å². The van der Waals surface area contributed by atoms with Crippen LogP contribution in [0.2, 0.25) is 10.0 Å². The Morgan fingerprint density at radius 3 is 2.00 bits per heavy atom. The van der Waals surface area contributed by atoms with Crippen molar-refractivity contribution in [3.05, 3.63) is 26.7 Å². The number of halogens is 2. The van der Waals surface area contributed by atoms with Crippen molar-refractivity contribution in [2.75, 3.05) is 0 Å². The Kier molecular flexibility index (Phi) is 3.09. The first-order valence-electron chi connectivity index (χ1n) is 4.16. The van der Waals surface area contributed by atoms with Crippen molar-refractivity contribution in [3.8, 4) is 5.75 Å². The molecule has 0 radical (unpaired) electrons. The molecule has 1 nitrogen and oxygen atoms in total. The number of aromatic hydroxyl groups is 1. The fourth-order valence-corrected chi connectivity index (χ4v) is 1.89. The molecule has 0 saturated heterocycles. The third kappa shape index (κ3) is 1.63. The lowest BCUT2D eigenvalue weighted by atomic mass is 10.0. The molecule has 0 unspecified atom stereocenters. The first kappa shape index (κ1) is 10.7. The summed E-state index contributed by atoms with van der Waals surface area (Å²) in [6, 6.07) is 0. The molecule has 0 aliphatic carbocycles. The number of benzene rings is 1. The van der Waals surface area contributed by atoms with Crippen LogP contribution in [0.5, 0.6) is 5.75 Å². The lowest BCUT2D eigenvalue weighted by Crippen LogP contribution is -1.93. The molecule has 0 atom stereocenters. The second-order valence-corrected chi connectivity index (χ2v) is 3.81. The van der Waals surface area contributed by atoms with Crippen LogP contribution in [0.3, 0.4) is 0 Å². The van der Waals surface area contributed by atoms with E-state index in [9.17, 15) is 5.11 Å². The van der Waals surface area contributed by atoms with Gasteiger partial charge in [-0.25, -0.2) is 0 Å². The Morgan fingerprint density at radius 1 is 1.08 bits per heavy atom. The van der Waals surface area contributed by atoms with Crippen LogP contribution < -0.4 is 0 Å². The molecule has 0 aliphatic heterocycles. The first-order chi connectivity index (χ1) is 6.00. The molecule has 0 heterocycles. The molecular weight excluding hydrogens is 207 g/mol. The Balaban J connectivity index is 3.56. The van der Waals surface area contributed by atoms with Crippen molar-refractivity contribution in [2.45, 2.75) is 27.2 Å². The predicted octanol–water partition coefficient (Wildman–Crippen LogP) is 3.88. The van der Waals surface area contributed by atoms with Crippen molar-refractivity contribution in [1.29, 1.82) is 0 Å². The van der Waals surface area contributed by atoms with Gasteiger partial charge in [0.05, 0.1) is 10.0 Å². The highest BCUT2D eigenvalue weighted by Gasteiger charge is 2.15. The van der Waals surface area contributed by atoms with E-state index in [-0.39, 0.29) is 5.75 Å². The average Bonchev–Trinajstić information content (AvgIpc) is 2.13. The van der Waals surface area contributed by atoms with E-state index in [4.69, 9.17) is 23.2 Å². The highest BCUT2D eigenvalue weighted by Crippen LogP contribution is 2.38. The van der Waals surface area contributed by atoms with Gasteiger partial charge in [-0.2, -0.15) is 0 Å². The van der Waals surface area contributed by atoms with Gasteiger partial charge < -0.3 is 5.11 Å². The largest absolute Gasteiger partial charge is 0.507 e. The Morgan fingerprint density at radius 2 is 1.54 bits per heavy atom. The zero-order chi connectivity index (χ0) is 10.2. The van der Waals surface area contributed by atoms with E-state index in [1.807, 2.05) is 13.8 Å². The minimum atomic E-state index is 0.273. The minimum absolute atomic E-state index is 0.273. The van der Waals surface area contributed by atoms with E-state index >= 15 is 0 Å². The maximum absolute atomic E-state index is 9.74. The fourth-order valence-electron chi connectivity index (χ4n) is 1.40. The summed E-state index contributed by atoms with van der Waals surface area (Å²) in [6.45, 7) is 5.61. The summed E-state index contributed by atoms with van der Waals surface area (Å²) >= 11 is 11.9. The second kappa shape index (κ2) is 3.77. The number of rotatable bonds is 1. The summed E-state index contributed by atoms with van der Waals surface area (Å²) in [6.07, 6.45) is 0.759. The quantitative estimate of drug-likeness (QED) is 0.759. The van der Waals surface area contributed by atoms with Crippen LogP contribution in [-0.4, -0.2) is 5.11 Å². The van der Waals surface area contributed by atoms with Crippen molar-refractivity contribution >= 4 is 23.2 Å². The molecule has 0 saturated carbocycles. The fraction of sp³-hybridized carbons (Fsp3) is 0.400. The Labute approximate surface area is 88.3 Å². The molecule has 0 fully saturated rings. The van der Waals surface area contributed by atoms with Crippen molar-refractivity contribution < 1.29 is 5.11 Å². The van der Waals surface area contributed by atoms with Crippen LogP contribution in [0.1, 0.15) is 23.6 Å². The zero-order valence-electron chi connectivity index (χ0n) is 7.91. The van der Waals surface area contributed by atoms with Gasteiger partial charge in [-0.3, -0.25) is 0 Å². The van der Waals surface area contributed by atoms with Crippen molar-refractivity contribution in [3.63, 3.8) is 0 Å². The smallest absolute Gasteiger partial charge is 0.123 e. The molecule has 1 aromatic rings. The van der Waals surface area contributed by atoms with E-state index in [1.165, 1.54) is 0 Å². The number of phenolic OH excluding ortho intramolecular Hbond substituents is 1. The molecule has 0 spiro atoms. The van der Waals surface area contributed by atoms with Crippen LogP contribution >= 0.6 is 23.2 Å². The van der Waals surface area contributed by atoms with E-state index in [0.29, 0.717) is 15.6 Å². The SMILES string of the molecule is CCc1c(C)c(Cl)c(Cl)c(C)c1O. The van der Waals surface area contributed by atoms with Crippen LogP contribution in [0.4, 0.5) is 0 Å². The number of hydrogen-bond donors (Lipinski definition) is 1. The molecule has 1 aromatic carbocycles. The molecule has 72 valence electrons. The van der Waals surface area contributed by atoms with Crippen molar-refractivity contribution in [1.82, 2.24) is 0 Å². The molecule has 1 rings (SSSR count). The Hall–Kier alpha value is -0.400. The number of phenols is 1. The van der Waals surface area contributed by atoms with Gasteiger partial charge in [0.25, 0.3) is 0 Å². The summed E-state index contributed by atoms with van der Waals surface area (Å²) < 4.78 is 0. The zero-order valence-corrected chi connectivity index (χ0v) is 9.42. The highest BCUT2D eigenvalue weighted by molar-refractivity contribution is 6.43. The molecular formula is C10H12Cl2O. The van der Waals surface area contributed by atoms with Gasteiger partial charge in [-0.15, -0.1) is 0 Å². The van der Waals surface area contributed by atoms with Crippen LogP contribution in [0, 0.1) is 13.8 Å². The van der Waals surface area contributed by atoms with E-state index in [0.717, 1.165) is 17.5 Å². The van der Waals surface area contributed by atoms with Crippen LogP contribution in [0.15, 0.2) is 0 Å². The van der Waals surface area contributed by atoms with Gasteiger partial charge in [-0.05, 0) is 31.4 Å². The molecule has 13 heavy (non-hydrogen) atoms. The van der Waals surface area contributed by atoms with E-state index in [2.05, 4.69) is 0 Å². The standard InChI is InChI=1S/C10H12Cl2O/c1-4-7-5(2)8(11)9(12)6(3)10(7)13/h13H,4H2,1-3H3. The van der Waals surface area contributed by atoms with Crippen molar-refractivity contribution in [2.24, 2.45) is 0 Å². The number of hydrogen-bond acceptors (Lipinski definition) is 1. The van der Waals surface area contributed by atoms with Gasteiger partial charge >= 0.3 is 0 Å².